The molecule has 2 heterocycles. The van der Waals surface area contributed by atoms with E-state index in [4.69, 9.17) is 0 Å². The van der Waals surface area contributed by atoms with E-state index in [1.807, 2.05) is 24.2 Å². The molecule has 1 aliphatic rings. The fraction of sp³-hybridized carbons (Fsp3) is 0.600. The monoisotopic (exact) mass is 277 g/mol. The van der Waals surface area contributed by atoms with Crippen molar-refractivity contribution in [3.63, 3.8) is 0 Å². The number of aromatic nitrogens is 1. The van der Waals surface area contributed by atoms with E-state index in [0.29, 0.717) is 10.7 Å². The van der Waals surface area contributed by atoms with Crippen molar-refractivity contribution < 1.29 is 0 Å². The molecule has 0 bridgehead atoms. The zero-order valence-corrected chi connectivity index (χ0v) is 13.0. The second kappa shape index (κ2) is 5.95. The highest BCUT2D eigenvalue weighted by Gasteiger charge is 2.24. The van der Waals surface area contributed by atoms with Crippen molar-refractivity contribution >= 4 is 16.9 Å². The van der Waals surface area contributed by atoms with Crippen LogP contribution in [0.2, 0.25) is 0 Å². The molecule has 0 aromatic carbocycles. The molecule has 1 aromatic rings. The van der Waals surface area contributed by atoms with Gasteiger partial charge < -0.3 is 5.32 Å². The summed E-state index contributed by atoms with van der Waals surface area (Å²) in [7, 11) is 0. The summed E-state index contributed by atoms with van der Waals surface area (Å²) in [6.45, 7) is 10.7. The average molecular weight is 277 g/mol. The normalized spacial score (nSPS) is 19.4. The summed E-state index contributed by atoms with van der Waals surface area (Å²) in [5.74, 6) is 0. The van der Waals surface area contributed by atoms with E-state index in [2.05, 4.69) is 49.1 Å². The summed E-state index contributed by atoms with van der Waals surface area (Å²) >= 11 is 1.89. The molecule has 1 N–H and O–H groups in total. The van der Waals surface area contributed by atoms with Gasteiger partial charge in [-0.2, -0.15) is 0 Å². The Kier molecular flexibility index (Phi) is 4.50. The fourth-order valence-corrected chi connectivity index (χ4v) is 3.53. The van der Waals surface area contributed by atoms with Gasteiger partial charge in [-0.05, 0) is 36.0 Å². The predicted octanol–water partition coefficient (Wildman–Crippen LogP) is 3.39. The zero-order chi connectivity index (χ0) is 13.9. The highest BCUT2D eigenvalue weighted by molar-refractivity contribution is 8.14. The van der Waals surface area contributed by atoms with Crippen molar-refractivity contribution in [2.24, 2.45) is 10.4 Å². The van der Waals surface area contributed by atoms with Gasteiger partial charge in [-0.3, -0.25) is 9.98 Å². The van der Waals surface area contributed by atoms with Gasteiger partial charge in [0.2, 0.25) is 0 Å². The molecule has 1 aliphatic heterocycles. The molecule has 1 atom stereocenters. The van der Waals surface area contributed by atoms with Gasteiger partial charge >= 0.3 is 0 Å². The van der Waals surface area contributed by atoms with Crippen molar-refractivity contribution in [2.75, 3.05) is 6.54 Å². The lowest BCUT2D eigenvalue weighted by atomic mass is 9.90. The number of thioether (sulfide) groups is 1. The van der Waals surface area contributed by atoms with Gasteiger partial charge in [0.1, 0.15) is 0 Å². The number of nitrogens with one attached hydrogen (secondary N) is 1. The van der Waals surface area contributed by atoms with Gasteiger partial charge in [0, 0.05) is 24.2 Å². The second-order valence-corrected chi connectivity index (χ2v) is 7.60. The molecule has 3 nitrogen and oxygen atoms in total. The molecule has 0 radical (unpaired) electrons. The zero-order valence-electron chi connectivity index (χ0n) is 12.2. The lowest BCUT2D eigenvalue weighted by molar-refractivity contribution is 0.375. The molecule has 0 spiro atoms. The van der Waals surface area contributed by atoms with E-state index < -0.39 is 0 Å². The van der Waals surface area contributed by atoms with E-state index >= 15 is 0 Å². The van der Waals surface area contributed by atoms with E-state index in [0.717, 1.165) is 18.3 Å². The first-order chi connectivity index (χ1) is 8.94. The molecule has 4 heteroatoms. The van der Waals surface area contributed by atoms with Crippen LogP contribution in [-0.2, 0) is 6.54 Å². The first-order valence-electron chi connectivity index (χ1n) is 6.78. The molecule has 0 amide bonds. The van der Waals surface area contributed by atoms with Crippen LogP contribution in [0.15, 0.2) is 23.5 Å². The van der Waals surface area contributed by atoms with E-state index in [9.17, 15) is 0 Å². The predicted molar refractivity (Wildman–Crippen MR) is 83.6 cm³/mol. The number of amidine groups is 1. The molecule has 0 saturated carbocycles. The van der Waals surface area contributed by atoms with Crippen LogP contribution in [0.25, 0.3) is 0 Å². The number of hydrogen-bond donors (Lipinski definition) is 1. The fourth-order valence-electron chi connectivity index (χ4n) is 2.18. The summed E-state index contributed by atoms with van der Waals surface area (Å²) in [6.07, 6.45) is 4.96. The van der Waals surface area contributed by atoms with Crippen molar-refractivity contribution in [1.29, 1.82) is 0 Å². The third kappa shape index (κ3) is 4.53. The van der Waals surface area contributed by atoms with Crippen LogP contribution in [0.1, 0.15) is 38.3 Å². The highest BCUT2D eigenvalue weighted by Crippen LogP contribution is 2.31. The summed E-state index contributed by atoms with van der Waals surface area (Å²) in [4.78, 5) is 8.71. The molecule has 0 aliphatic carbocycles. The maximum Gasteiger partial charge on any atom is 0.157 e. The summed E-state index contributed by atoms with van der Waals surface area (Å²) in [6, 6.07) is 2.06. The van der Waals surface area contributed by atoms with E-state index in [1.54, 1.807) is 0 Å². The highest BCUT2D eigenvalue weighted by atomic mass is 32.2. The van der Waals surface area contributed by atoms with Crippen LogP contribution < -0.4 is 5.32 Å². The molecule has 2 rings (SSSR count). The van der Waals surface area contributed by atoms with Gasteiger partial charge in [-0.15, -0.1) is 0 Å². The van der Waals surface area contributed by atoms with E-state index in [-0.39, 0.29) is 0 Å². The molecule has 0 saturated heterocycles. The van der Waals surface area contributed by atoms with Crippen molar-refractivity contribution in [3.05, 3.63) is 29.6 Å². The van der Waals surface area contributed by atoms with Crippen molar-refractivity contribution in [1.82, 2.24) is 10.3 Å². The van der Waals surface area contributed by atoms with Crippen molar-refractivity contribution in [2.45, 2.75) is 45.9 Å². The van der Waals surface area contributed by atoms with Gasteiger partial charge in [0.15, 0.2) is 5.17 Å². The minimum Gasteiger partial charge on any atom is -0.361 e. The Labute approximate surface area is 120 Å². The van der Waals surface area contributed by atoms with Crippen LogP contribution in [-0.4, -0.2) is 21.9 Å². The minimum atomic E-state index is 0.379. The Morgan fingerprint density at radius 2 is 2.21 bits per heavy atom. The topological polar surface area (TPSA) is 37.3 Å². The Hall–Kier alpha value is -1.03. The number of hydrogen-bond acceptors (Lipinski definition) is 4. The van der Waals surface area contributed by atoms with Gasteiger partial charge in [0.05, 0.1) is 6.54 Å². The third-order valence-electron chi connectivity index (χ3n) is 3.12. The quantitative estimate of drug-likeness (QED) is 0.920. The smallest absolute Gasteiger partial charge is 0.157 e. The Morgan fingerprint density at radius 1 is 1.42 bits per heavy atom. The van der Waals surface area contributed by atoms with Gasteiger partial charge in [0.25, 0.3) is 0 Å². The number of pyridine rings is 1. The van der Waals surface area contributed by atoms with Gasteiger partial charge in [-0.1, -0.05) is 32.5 Å². The van der Waals surface area contributed by atoms with Crippen LogP contribution in [0.3, 0.4) is 0 Å². The van der Waals surface area contributed by atoms with Crippen LogP contribution in [0.5, 0.6) is 0 Å². The van der Waals surface area contributed by atoms with Crippen LogP contribution in [0, 0.1) is 12.3 Å². The molecule has 0 fully saturated rings. The number of aryl methyl sites for hydroxylation is 1. The molecule has 1 aromatic heterocycles. The molecular weight excluding hydrogens is 254 g/mol. The number of rotatable bonds is 3. The van der Waals surface area contributed by atoms with Crippen LogP contribution in [0.4, 0.5) is 0 Å². The largest absolute Gasteiger partial charge is 0.361 e. The maximum absolute atomic E-state index is 4.60. The average Bonchev–Trinajstić information content (AvgIpc) is 2.73. The summed E-state index contributed by atoms with van der Waals surface area (Å²) in [5.41, 5.74) is 2.90. The van der Waals surface area contributed by atoms with E-state index in [1.165, 1.54) is 17.5 Å². The molecular formula is C15H23N3S. The minimum absolute atomic E-state index is 0.379. The Bertz CT molecular complexity index is 463. The molecule has 1 unspecified atom stereocenters. The summed E-state index contributed by atoms with van der Waals surface area (Å²) in [5, 5.41) is 5.15. The Balaban J connectivity index is 1.81. The first-order valence-corrected chi connectivity index (χ1v) is 7.66. The first kappa shape index (κ1) is 14.4. The third-order valence-corrected chi connectivity index (χ3v) is 4.27. The lowest BCUT2D eigenvalue weighted by Crippen LogP contribution is -2.20. The lowest BCUT2D eigenvalue weighted by Gasteiger charge is -2.21. The van der Waals surface area contributed by atoms with Crippen LogP contribution >= 0.6 is 11.8 Å². The standard InChI is InChI=1S/C15H23N3S/c1-11-8-16-6-5-12(11)9-17-14-18-10-13(19-14)7-15(2,3)4/h5-6,8,13H,7,9-10H2,1-4H3,(H,17,18). The Morgan fingerprint density at radius 3 is 2.89 bits per heavy atom. The summed E-state index contributed by atoms with van der Waals surface area (Å²) < 4.78 is 0. The molecule has 104 valence electrons. The SMILES string of the molecule is Cc1cnccc1CNC1=NCC(CC(C)(C)C)S1. The number of aliphatic imine (C=N–C) groups is 1. The maximum atomic E-state index is 4.60. The second-order valence-electron chi connectivity index (χ2n) is 6.31. The van der Waals surface area contributed by atoms with Crippen molar-refractivity contribution in [3.8, 4) is 0 Å². The molecule has 19 heavy (non-hydrogen) atoms. The van der Waals surface area contributed by atoms with Gasteiger partial charge in [-0.25, -0.2) is 0 Å². The number of nitrogens with zero attached hydrogens (tertiary/aromatic N) is 2.